The van der Waals surface area contributed by atoms with Gasteiger partial charge >= 0.3 is 0 Å². The Hall–Kier alpha value is -1.89. The van der Waals surface area contributed by atoms with Gasteiger partial charge in [-0.05, 0) is 38.1 Å². The average Bonchev–Trinajstić information content (AvgIpc) is 2.48. The highest BCUT2D eigenvalue weighted by atomic mass is 32.2. The molecule has 3 N–H and O–H groups in total. The quantitative estimate of drug-likeness (QED) is 0.844. The van der Waals surface area contributed by atoms with Crippen LogP contribution in [0.25, 0.3) is 0 Å². The van der Waals surface area contributed by atoms with Crippen LogP contribution in [0.1, 0.15) is 12.5 Å². The summed E-state index contributed by atoms with van der Waals surface area (Å²) in [6.45, 7) is 4.34. The van der Waals surface area contributed by atoms with Crippen LogP contribution in [0.3, 0.4) is 0 Å². The molecule has 2 aromatic rings. The molecule has 0 aromatic heterocycles. The van der Waals surface area contributed by atoms with Gasteiger partial charge in [-0.15, -0.1) is 0 Å². The molecule has 1 unspecified atom stereocenters. The van der Waals surface area contributed by atoms with Crippen molar-refractivity contribution in [1.29, 1.82) is 0 Å². The predicted molar refractivity (Wildman–Crippen MR) is 86.6 cm³/mol. The monoisotopic (exact) mass is 323 g/mol. The van der Waals surface area contributed by atoms with Crippen molar-refractivity contribution in [3.63, 3.8) is 0 Å². The summed E-state index contributed by atoms with van der Waals surface area (Å²) in [6.07, 6.45) is 0.0948. The first kappa shape index (κ1) is 18.2. The van der Waals surface area contributed by atoms with Crippen molar-refractivity contribution < 1.29 is 17.7 Å². The van der Waals surface area contributed by atoms with E-state index in [9.17, 15) is 8.42 Å². The predicted octanol–water partition coefficient (Wildman–Crippen LogP) is 2.65. The van der Waals surface area contributed by atoms with Crippen LogP contribution in [0.2, 0.25) is 0 Å². The van der Waals surface area contributed by atoms with Crippen LogP contribution in [0.4, 0.5) is 0 Å². The molecule has 0 radical (unpaired) electrons. The number of ether oxygens (including phenoxy) is 1. The topological polar surface area (TPSA) is 89.6 Å². The second-order valence-electron chi connectivity index (χ2n) is 4.77. The second kappa shape index (κ2) is 8.53. The van der Waals surface area contributed by atoms with Crippen LogP contribution in [0.5, 0.6) is 5.75 Å². The van der Waals surface area contributed by atoms with Crippen molar-refractivity contribution in [2.24, 2.45) is 5.73 Å². The molecular formula is C16H21NO4S. The largest absolute Gasteiger partial charge is 0.489 e. The minimum Gasteiger partial charge on any atom is -0.489 e. The average molecular weight is 323 g/mol. The van der Waals surface area contributed by atoms with Gasteiger partial charge in [0.15, 0.2) is 0 Å². The lowest BCUT2D eigenvalue weighted by Gasteiger charge is -2.11. The molecule has 0 spiro atoms. The first-order valence-corrected chi connectivity index (χ1v) is 8.23. The maximum Gasteiger partial charge on any atom is 0.294 e. The van der Waals surface area contributed by atoms with E-state index in [0.717, 1.165) is 11.3 Å². The molecule has 0 saturated carbocycles. The first-order chi connectivity index (χ1) is 10.3. The molecule has 6 heteroatoms. The molecule has 5 nitrogen and oxygen atoms in total. The lowest BCUT2D eigenvalue weighted by Crippen LogP contribution is -2.22. The zero-order chi connectivity index (χ0) is 16.6. The Balaban J connectivity index is 0.000000220. The SMILES string of the molecule is CC(CN)Oc1ccccc1.Cc1ccc(S(=O)(=O)O)cc1. The Labute approximate surface area is 131 Å². The third-order valence-electron chi connectivity index (χ3n) is 2.73. The number of para-hydroxylation sites is 1. The van der Waals surface area contributed by atoms with E-state index in [1.807, 2.05) is 44.2 Å². The van der Waals surface area contributed by atoms with E-state index < -0.39 is 10.1 Å². The van der Waals surface area contributed by atoms with Crippen LogP contribution < -0.4 is 10.5 Å². The van der Waals surface area contributed by atoms with Crippen molar-refractivity contribution in [2.45, 2.75) is 24.8 Å². The van der Waals surface area contributed by atoms with Gasteiger partial charge in [-0.25, -0.2) is 0 Å². The standard InChI is InChI=1S/C9H13NO.C7H8O3S/c1-8(7-10)11-9-5-3-2-4-6-9;1-6-2-4-7(5-3-6)11(8,9)10/h2-6,8H,7,10H2,1H3;2-5H,1H3,(H,8,9,10). The van der Waals surface area contributed by atoms with Crippen LogP contribution in [-0.4, -0.2) is 25.6 Å². The second-order valence-corrected chi connectivity index (χ2v) is 6.19. The molecule has 120 valence electrons. The summed E-state index contributed by atoms with van der Waals surface area (Å²) in [5, 5.41) is 0. The Kier molecular flexibility index (Phi) is 7.04. The number of hydrogen-bond donors (Lipinski definition) is 2. The fourth-order valence-electron chi connectivity index (χ4n) is 1.49. The summed E-state index contributed by atoms with van der Waals surface area (Å²) in [5.41, 5.74) is 6.35. The van der Waals surface area contributed by atoms with Gasteiger partial charge in [0.25, 0.3) is 10.1 Å². The van der Waals surface area contributed by atoms with Crippen molar-refractivity contribution in [1.82, 2.24) is 0 Å². The van der Waals surface area contributed by atoms with E-state index in [1.165, 1.54) is 12.1 Å². The van der Waals surface area contributed by atoms with Gasteiger partial charge in [0, 0.05) is 6.54 Å². The lowest BCUT2D eigenvalue weighted by atomic mass is 10.2. The van der Waals surface area contributed by atoms with E-state index in [1.54, 1.807) is 12.1 Å². The highest BCUT2D eigenvalue weighted by Gasteiger charge is 2.06. The molecule has 2 rings (SSSR count). The number of benzene rings is 2. The number of hydrogen-bond acceptors (Lipinski definition) is 4. The van der Waals surface area contributed by atoms with Gasteiger partial charge in [0.1, 0.15) is 11.9 Å². The van der Waals surface area contributed by atoms with E-state index in [-0.39, 0.29) is 11.0 Å². The van der Waals surface area contributed by atoms with Gasteiger partial charge < -0.3 is 10.5 Å². The van der Waals surface area contributed by atoms with Gasteiger partial charge in [-0.1, -0.05) is 35.9 Å². The minimum atomic E-state index is -4.02. The molecule has 1 atom stereocenters. The summed E-state index contributed by atoms with van der Waals surface area (Å²) in [5.74, 6) is 0.880. The fraction of sp³-hybridized carbons (Fsp3) is 0.250. The van der Waals surface area contributed by atoms with Crippen LogP contribution in [-0.2, 0) is 10.1 Å². The molecular weight excluding hydrogens is 302 g/mol. The van der Waals surface area contributed by atoms with Gasteiger partial charge in [0.2, 0.25) is 0 Å². The first-order valence-electron chi connectivity index (χ1n) is 6.79. The minimum absolute atomic E-state index is 0.0666. The van der Waals surface area contributed by atoms with Gasteiger partial charge in [-0.3, -0.25) is 4.55 Å². The van der Waals surface area contributed by atoms with E-state index >= 15 is 0 Å². The van der Waals surface area contributed by atoms with Crippen molar-refractivity contribution >= 4 is 10.1 Å². The number of rotatable bonds is 4. The third kappa shape index (κ3) is 6.71. The molecule has 0 heterocycles. The number of nitrogens with two attached hydrogens (primary N) is 1. The summed E-state index contributed by atoms with van der Waals surface area (Å²) < 4.78 is 35.0. The molecule has 0 amide bonds. The molecule has 0 aliphatic heterocycles. The van der Waals surface area contributed by atoms with Crippen molar-refractivity contribution in [3.05, 3.63) is 60.2 Å². The summed E-state index contributed by atoms with van der Waals surface area (Å²) in [7, 11) is -4.02. The Bertz CT molecular complexity index is 654. The summed E-state index contributed by atoms with van der Waals surface area (Å²) in [4.78, 5) is -0.0666. The highest BCUT2D eigenvalue weighted by Crippen LogP contribution is 2.10. The summed E-state index contributed by atoms with van der Waals surface area (Å²) >= 11 is 0. The molecule has 2 aromatic carbocycles. The highest BCUT2D eigenvalue weighted by molar-refractivity contribution is 7.85. The maximum absolute atomic E-state index is 10.5. The zero-order valence-corrected chi connectivity index (χ0v) is 13.5. The van der Waals surface area contributed by atoms with Crippen molar-refractivity contribution in [3.8, 4) is 5.75 Å². The van der Waals surface area contributed by atoms with E-state index in [2.05, 4.69) is 0 Å². The number of aryl methyl sites for hydroxylation is 1. The van der Waals surface area contributed by atoms with Crippen molar-refractivity contribution in [2.75, 3.05) is 6.54 Å². The lowest BCUT2D eigenvalue weighted by molar-refractivity contribution is 0.230. The molecule has 0 saturated heterocycles. The third-order valence-corrected chi connectivity index (χ3v) is 3.60. The van der Waals surface area contributed by atoms with Gasteiger partial charge in [-0.2, -0.15) is 8.42 Å². The Morgan fingerprint density at radius 1 is 1.09 bits per heavy atom. The smallest absolute Gasteiger partial charge is 0.294 e. The Morgan fingerprint density at radius 3 is 2.09 bits per heavy atom. The van der Waals surface area contributed by atoms with E-state index in [4.69, 9.17) is 15.0 Å². The zero-order valence-electron chi connectivity index (χ0n) is 12.6. The van der Waals surface area contributed by atoms with Crippen LogP contribution in [0.15, 0.2) is 59.5 Å². The summed E-state index contributed by atoms with van der Waals surface area (Å²) in [6, 6.07) is 15.7. The van der Waals surface area contributed by atoms with Crippen LogP contribution in [0, 0.1) is 6.92 Å². The van der Waals surface area contributed by atoms with Gasteiger partial charge in [0.05, 0.1) is 4.90 Å². The molecule has 0 fully saturated rings. The normalized spacial score (nSPS) is 12.0. The maximum atomic E-state index is 10.5. The molecule has 0 bridgehead atoms. The molecule has 0 aliphatic rings. The molecule has 0 aliphatic carbocycles. The van der Waals surface area contributed by atoms with Crippen LogP contribution >= 0.6 is 0 Å². The van der Waals surface area contributed by atoms with E-state index in [0.29, 0.717) is 6.54 Å². The molecule has 22 heavy (non-hydrogen) atoms. The Morgan fingerprint density at radius 2 is 1.64 bits per heavy atom. The fourth-order valence-corrected chi connectivity index (χ4v) is 1.97.